The fourth-order valence-electron chi connectivity index (χ4n) is 5.14. The van der Waals surface area contributed by atoms with Gasteiger partial charge < -0.3 is 19.7 Å². The predicted octanol–water partition coefficient (Wildman–Crippen LogP) is 5.84. The summed E-state index contributed by atoms with van der Waals surface area (Å²) in [6, 6.07) is 30.3. The number of benzene rings is 4. The molecule has 0 radical (unpaired) electrons. The number of hydrogen-bond donors (Lipinski definition) is 1. The summed E-state index contributed by atoms with van der Waals surface area (Å²) < 4.78 is 40.9. The molecule has 0 unspecified atom stereocenters. The Morgan fingerprint density at radius 1 is 0.830 bits per heavy atom. The van der Waals surface area contributed by atoms with Crippen molar-refractivity contribution in [3.8, 4) is 11.5 Å². The average molecular weight is 658 g/mol. The van der Waals surface area contributed by atoms with Crippen molar-refractivity contribution in [3.63, 3.8) is 0 Å². The van der Waals surface area contributed by atoms with E-state index >= 15 is 0 Å². The lowest BCUT2D eigenvalue weighted by Gasteiger charge is -2.34. The third kappa shape index (κ3) is 9.13. The van der Waals surface area contributed by atoms with Crippen LogP contribution in [0.1, 0.15) is 38.3 Å². The smallest absolute Gasteiger partial charge is 0.264 e. The van der Waals surface area contributed by atoms with Gasteiger partial charge in [-0.2, -0.15) is 0 Å². The van der Waals surface area contributed by atoms with Crippen LogP contribution in [0.25, 0.3) is 0 Å². The quantitative estimate of drug-likeness (QED) is 0.162. The highest BCUT2D eigenvalue weighted by Gasteiger charge is 2.35. The second-order valence-electron chi connectivity index (χ2n) is 11.1. The van der Waals surface area contributed by atoms with Gasteiger partial charge in [-0.15, -0.1) is 0 Å². The molecule has 9 nitrogen and oxygen atoms in total. The Morgan fingerprint density at radius 3 is 2.13 bits per heavy atom. The molecule has 2 amide bonds. The van der Waals surface area contributed by atoms with Crippen molar-refractivity contribution in [1.29, 1.82) is 0 Å². The lowest BCUT2D eigenvalue weighted by Crippen LogP contribution is -2.54. The lowest BCUT2D eigenvalue weighted by molar-refractivity contribution is -0.140. The molecule has 0 bridgehead atoms. The zero-order valence-electron chi connectivity index (χ0n) is 27.3. The summed E-state index contributed by atoms with van der Waals surface area (Å²) in [5, 5.41) is 3.05. The van der Waals surface area contributed by atoms with Crippen LogP contribution in [0.5, 0.6) is 11.5 Å². The average Bonchev–Trinajstić information content (AvgIpc) is 3.09. The monoisotopic (exact) mass is 657 g/mol. The molecule has 0 heterocycles. The number of methoxy groups -OCH3 is 1. The van der Waals surface area contributed by atoms with Crippen molar-refractivity contribution in [2.75, 3.05) is 24.6 Å². The number of para-hydroxylation sites is 2. The molecule has 0 saturated carbocycles. The molecule has 0 aromatic heterocycles. The summed E-state index contributed by atoms with van der Waals surface area (Å²) in [6.45, 7) is 5.43. The van der Waals surface area contributed by atoms with Crippen LogP contribution in [0.3, 0.4) is 0 Å². The van der Waals surface area contributed by atoms with Gasteiger partial charge >= 0.3 is 0 Å². The maximum absolute atomic E-state index is 14.7. The van der Waals surface area contributed by atoms with E-state index in [2.05, 4.69) is 5.32 Å². The van der Waals surface area contributed by atoms with E-state index < -0.39 is 28.5 Å². The molecule has 0 aliphatic carbocycles. The molecule has 0 aliphatic rings. The molecule has 248 valence electrons. The number of rotatable bonds is 16. The Hall–Kier alpha value is -4.83. The minimum Gasteiger partial charge on any atom is -0.497 e. The Kier molecular flexibility index (Phi) is 12.4. The van der Waals surface area contributed by atoms with Gasteiger partial charge in [0.25, 0.3) is 10.0 Å². The second-order valence-corrected chi connectivity index (χ2v) is 13.0. The van der Waals surface area contributed by atoms with Gasteiger partial charge in [-0.3, -0.25) is 13.9 Å². The third-order valence-electron chi connectivity index (χ3n) is 7.80. The van der Waals surface area contributed by atoms with Gasteiger partial charge in [0.05, 0.1) is 24.3 Å². The molecule has 0 fully saturated rings. The summed E-state index contributed by atoms with van der Waals surface area (Å²) in [6.07, 6.45) is 0.921. The predicted molar refractivity (Wildman–Crippen MR) is 184 cm³/mol. The number of carbonyl (C=O) groups excluding carboxylic acids is 2. The molecule has 2 atom stereocenters. The normalized spacial score (nSPS) is 12.4. The first-order chi connectivity index (χ1) is 22.7. The van der Waals surface area contributed by atoms with Crippen LogP contribution in [-0.2, 0) is 32.6 Å². The van der Waals surface area contributed by atoms with Crippen LogP contribution in [0.4, 0.5) is 5.69 Å². The summed E-state index contributed by atoms with van der Waals surface area (Å²) in [4.78, 5) is 30.2. The highest BCUT2D eigenvalue weighted by atomic mass is 32.2. The van der Waals surface area contributed by atoms with Crippen molar-refractivity contribution in [3.05, 3.63) is 120 Å². The molecule has 10 heteroatoms. The molecule has 0 aliphatic heterocycles. The first kappa shape index (κ1) is 35.0. The largest absolute Gasteiger partial charge is 0.497 e. The van der Waals surface area contributed by atoms with Gasteiger partial charge in [0.2, 0.25) is 11.8 Å². The van der Waals surface area contributed by atoms with Crippen LogP contribution in [0.15, 0.2) is 114 Å². The van der Waals surface area contributed by atoms with Crippen molar-refractivity contribution >= 4 is 27.5 Å². The zero-order chi connectivity index (χ0) is 33.8. The summed E-state index contributed by atoms with van der Waals surface area (Å²) in [5.41, 5.74) is 1.80. The van der Waals surface area contributed by atoms with E-state index in [9.17, 15) is 18.0 Å². The van der Waals surface area contributed by atoms with Crippen molar-refractivity contribution in [2.45, 2.75) is 57.1 Å². The molecule has 0 saturated heterocycles. The third-order valence-corrected chi connectivity index (χ3v) is 9.58. The maximum Gasteiger partial charge on any atom is 0.264 e. The number of ether oxygens (including phenoxy) is 2. The van der Waals surface area contributed by atoms with Gasteiger partial charge in [0.1, 0.15) is 24.1 Å². The minimum atomic E-state index is -4.25. The van der Waals surface area contributed by atoms with Gasteiger partial charge in [-0.05, 0) is 67.8 Å². The van der Waals surface area contributed by atoms with E-state index in [-0.39, 0.29) is 35.5 Å². The van der Waals surface area contributed by atoms with Crippen LogP contribution >= 0.6 is 0 Å². The number of nitrogens with zero attached hydrogens (tertiary/aromatic N) is 2. The first-order valence-electron chi connectivity index (χ1n) is 15.7. The van der Waals surface area contributed by atoms with Crippen LogP contribution in [-0.4, -0.2) is 57.5 Å². The Labute approximate surface area is 278 Å². The van der Waals surface area contributed by atoms with E-state index in [0.29, 0.717) is 24.5 Å². The Morgan fingerprint density at radius 2 is 1.47 bits per heavy atom. The molecule has 1 N–H and O–H groups in total. The summed E-state index contributed by atoms with van der Waals surface area (Å²) in [7, 11) is -2.69. The lowest BCUT2D eigenvalue weighted by atomic mass is 10.0. The fraction of sp³-hybridized carbons (Fsp3) is 0.297. The van der Waals surface area contributed by atoms with E-state index in [1.165, 1.54) is 17.0 Å². The number of sulfonamides is 1. The molecule has 4 rings (SSSR count). The number of carbonyl (C=O) groups is 2. The Bertz CT molecular complexity index is 1720. The standard InChI is InChI=1S/C37H43N3O6S/c1-5-28(3)38-37(42)34(25-29-16-9-7-10-17-29)39(26-30-18-15-19-31(24-30)45-4)36(41)27-40(33-22-13-14-23-35(33)46-6-2)47(43,44)32-20-11-8-12-21-32/h7-24,28,34H,5-6,25-27H2,1-4H3,(H,38,42)/t28-,34-/m1/s1. The van der Waals surface area contributed by atoms with E-state index in [1.807, 2.05) is 56.3 Å². The highest BCUT2D eigenvalue weighted by Crippen LogP contribution is 2.33. The van der Waals surface area contributed by atoms with Crippen molar-refractivity contribution < 1.29 is 27.5 Å². The van der Waals surface area contributed by atoms with E-state index in [4.69, 9.17) is 9.47 Å². The number of anilines is 1. The van der Waals surface area contributed by atoms with E-state index in [0.717, 1.165) is 15.4 Å². The highest BCUT2D eigenvalue weighted by molar-refractivity contribution is 7.92. The molecule has 4 aromatic carbocycles. The molecular formula is C37H43N3O6S. The zero-order valence-corrected chi connectivity index (χ0v) is 28.2. The second kappa shape index (κ2) is 16.6. The van der Waals surface area contributed by atoms with Gasteiger partial charge in [-0.25, -0.2) is 8.42 Å². The summed E-state index contributed by atoms with van der Waals surface area (Å²) in [5.74, 6) is 0.0278. The molecule has 4 aromatic rings. The number of hydrogen-bond acceptors (Lipinski definition) is 6. The number of nitrogens with one attached hydrogen (secondary N) is 1. The van der Waals surface area contributed by atoms with Gasteiger partial charge in [0.15, 0.2) is 0 Å². The number of amides is 2. The van der Waals surface area contributed by atoms with Crippen LogP contribution in [0.2, 0.25) is 0 Å². The molecule has 47 heavy (non-hydrogen) atoms. The minimum absolute atomic E-state index is 0.0220. The topological polar surface area (TPSA) is 105 Å². The molecule has 0 spiro atoms. The fourth-order valence-corrected chi connectivity index (χ4v) is 6.58. The van der Waals surface area contributed by atoms with Crippen LogP contribution in [0, 0.1) is 0 Å². The molecular weight excluding hydrogens is 614 g/mol. The first-order valence-corrected chi connectivity index (χ1v) is 17.2. The van der Waals surface area contributed by atoms with Gasteiger partial charge in [0, 0.05) is 19.0 Å². The van der Waals surface area contributed by atoms with E-state index in [1.54, 1.807) is 68.6 Å². The Balaban J connectivity index is 1.84. The maximum atomic E-state index is 14.7. The SMILES string of the molecule is CCOc1ccccc1N(CC(=O)N(Cc1cccc(OC)c1)[C@H](Cc1ccccc1)C(=O)N[C@H](C)CC)S(=O)(=O)c1ccccc1. The van der Waals surface area contributed by atoms with Gasteiger partial charge in [-0.1, -0.05) is 79.7 Å². The van der Waals surface area contributed by atoms with Crippen LogP contribution < -0.4 is 19.1 Å². The van der Waals surface area contributed by atoms with Crippen molar-refractivity contribution in [1.82, 2.24) is 10.2 Å². The summed E-state index contributed by atoms with van der Waals surface area (Å²) >= 11 is 0. The van der Waals surface area contributed by atoms with Crippen molar-refractivity contribution in [2.24, 2.45) is 0 Å².